The zero-order valence-corrected chi connectivity index (χ0v) is 15.8. The van der Waals surface area contributed by atoms with E-state index < -0.39 is 0 Å². The van der Waals surface area contributed by atoms with Crippen LogP contribution < -0.4 is 10.6 Å². The lowest BCUT2D eigenvalue weighted by molar-refractivity contribution is -0.750. The highest BCUT2D eigenvalue weighted by atomic mass is 16.5. The summed E-state index contributed by atoms with van der Waals surface area (Å²) in [4.78, 5) is 11.6. The van der Waals surface area contributed by atoms with Gasteiger partial charge in [0.05, 0.1) is 18.0 Å². The van der Waals surface area contributed by atoms with E-state index in [0.717, 1.165) is 40.7 Å². The second-order valence-electron chi connectivity index (χ2n) is 7.43. The van der Waals surface area contributed by atoms with Gasteiger partial charge in [0.15, 0.2) is 0 Å². The Kier molecular flexibility index (Phi) is 4.31. The molecule has 1 fully saturated rings. The van der Waals surface area contributed by atoms with Crippen molar-refractivity contribution in [2.75, 3.05) is 26.2 Å². The Bertz CT molecular complexity index is 978. The standard InChI is InChI=1S/C22H24N5O/c23-27-13-9-24-16-20(27)21(17-5-3-6-17)25-22(27)18-7-4-8-19(15-18)28-14-12-26-10-1-2-11-26/h3-9,13,15-16H,1-2,10-12,14,23H2/q+1. The molecule has 0 aromatic heterocycles. The molecule has 1 saturated heterocycles. The lowest BCUT2D eigenvalue weighted by atomic mass is 10.0. The first kappa shape index (κ1) is 17.3. The zero-order valence-electron chi connectivity index (χ0n) is 15.8. The Labute approximate surface area is 164 Å². The fraction of sp³-hybridized carbons (Fsp3) is 0.273. The monoisotopic (exact) mass is 374 g/mol. The number of nitrogens with two attached hydrogens (primary N) is 1. The summed E-state index contributed by atoms with van der Waals surface area (Å²) in [6.45, 7) is 4.03. The van der Waals surface area contributed by atoms with Crippen molar-refractivity contribution < 1.29 is 9.33 Å². The maximum Gasteiger partial charge on any atom is 0.265 e. The minimum absolute atomic E-state index is 0.0290. The molecule has 28 heavy (non-hydrogen) atoms. The van der Waals surface area contributed by atoms with Crippen LogP contribution in [0.1, 0.15) is 18.4 Å². The summed E-state index contributed by atoms with van der Waals surface area (Å²) in [6.07, 6.45) is 14.1. The van der Waals surface area contributed by atoms with Crippen LogP contribution in [0.5, 0.6) is 5.75 Å². The fourth-order valence-corrected chi connectivity index (χ4v) is 3.96. The molecule has 0 spiro atoms. The largest absolute Gasteiger partial charge is 0.492 e. The fourth-order valence-electron chi connectivity index (χ4n) is 3.96. The van der Waals surface area contributed by atoms with E-state index in [9.17, 15) is 0 Å². The predicted octanol–water partition coefficient (Wildman–Crippen LogP) is 2.88. The van der Waals surface area contributed by atoms with Crippen molar-refractivity contribution in [1.82, 2.24) is 4.90 Å². The van der Waals surface area contributed by atoms with Crippen molar-refractivity contribution in [3.8, 4) is 5.75 Å². The van der Waals surface area contributed by atoms with E-state index in [1.165, 1.54) is 25.9 Å². The third-order valence-electron chi connectivity index (χ3n) is 5.59. The van der Waals surface area contributed by atoms with Crippen LogP contribution in [-0.4, -0.2) is 47.8 Å². The molecular weight excluding hydrogens is 350 g/mol. The summed E-state index contributed by atoms with van der Waals surface area (Å²) in [6, 6.07) is 8.05. The molecule has 0 radical (unpaired) electrons. The number of fused-ring (bicyclic) bond motifs is 1. The molecule has 1 unspecified atom stereocenters. The summed E-state index contributed by atoms with van der Waals surface area (Å²) in [5.41, 5.74) is 3.80. The summed E-state index contributed by atoms with van der Waals surface area (Å²) in [5, 5.41) is 0. The molecule has 6 heteroatoms. The van der Waals surface area contributed by atoms with Crippen LogP contribution in [0.3, 0.4) is 0 Å². The first-order chi connectivity index (χ1) is 13.7. The second-order valence-corrected chi connectivity index (χ2v) is 7.43. The van der Waals surface area contributed by atoms with Gasteiger partial charge in [-0.2, -0.15) is 10.8 Å². The lowest BCUT2D eigenvalue weighted by Gasteiger charge is -2.26. The number of hydrogen-bond donors (Lipinski definition) is 1. The van der Waals surface area contributed by atoms with Crippen LogP contribution in [0.15, 0.2) is 81.8 Å². The van der Waals surface area contributed by atoms with Gasteiger partial charge in [0.25, 0.3) is 5.84 Å². The minimum Gasteiger partial charge on any atom is -0.492 e. The van der Waals surface area contributed by atoms with Crippen molar-refractivity contribution in [2.24, 2.45) is 15.8 Å². The van der Waals surface area contributed by atoms with E-state index in [1.54, 1.807) is 12.4 Å². The van der Waals surface area contributed by atoms with Crippen LogP contribution in [-0.2, 0) is 0 Å². The number of aliphatic imine (C=N–C) groups is 2. The topological polar surface area (TPSA) is 63.2 Å². The van der Waals surface area contributed by atoms with E-state index in [2.05, 4.69) is 9.89 Å². The third-order valence-corrected chi connectivity index (χ3v) is 5.59. The van der Waals surface area contributed by atoms with Gasteiger partial charge in [-0.1, -0.05) is 24.3 Å². The molecule has 3 heterocycles. The number of ether oxygens (including phenoxy) is 1. The van der Waals surface area contributed by atoms with Gasteiger partial charge >= 0.3 is 0 Å². The molecule has 2 N–H and O–H groups in total. The van der Waals surface area contributed by atoms with Crippen LogP contribution in [0.4, 0.5) is 0 Å². The minimum atomic E-state index is 0.0290. The molecule has 1 atom stereocenters. The number of quaternary nitrogens is 1. The number of benzene rings is 1. The molecule has 1 aromatic rings. The maximum atomic E-state index is 6.75. The van der Waals surface area contributed by atoms with E-state index in [0.29, 0.717) is 6.61 Å². The van der Waals surface area contributed by atoms with Crippen molar-refractivity contribution >= 4 is 12.1 Å². The van der Waals surface area contributed by atoms with Crippen LogP contribution in [0.25, 0.3) is 0 Å². The molecule has 5 rings (SSSR count). The predicted molar refractivity (Wildman–Crippen MR) is 110 cm³/mol. The van der Waals surface area contributed by atoms with E-state index in [-0.39, 0.29) is 4.59 Å². The Morgan fingerprint density at radius 1 is 1.21 bits per heavy atom. The summed E-state index contributed by atoms with van der Waals surface area (Å²) in [7, 11) is 0. The number of nitrogens with zero attached hydrogens (tertiary/aromatic N) is 4. The average Bonchev–Trinajstić information content (AvgIpc) is 3.27. The van der Waals surface area contributed by atoms with Crippen molar-refractivity contribution in [3.63, 3.8) is 0 Å². The lowest BCUT2D eigenvalue weighted by Crippen LogP contribution is -2.53. The molecule has 3 aliphatic heterocycles. The molecular formula is C22H24N5O+. The number of allylic oxidation sites excluding steroid dienone is 4. The second kappa shape index (κ2) is 6.98. The van der Waals surface area contributed by atoms with Gasteiger partial charge in [-0.05, 0) is 44.1 Å². The smallest absolute Gasteiger partial charge is 0.265 e. The number of likely N-dealkylation sites (tertiary alicyclic amines) is 1. The van der Waals surface area contributed by atoms with Gasteiger partial charge in [-0.15, -0.1) is 4.59 Å². The Hall–Kier alpha value is -2.80. The van der Waals surface area contributed by atoms with Crippen LogP contribution >= 0.6 is 0 Å². The summed E-state index contributed by atoms with van der Waals surface area (Å²) in [5.74, 6) is 8.37. The average molecular weight is 374 g/mol. The summed E-state index contributed by atoms with van der Waals surface area (Å²) < 4.78 is 6.05. The highest BCUT2D eigenvalue weighted by Gasteiger charge is 2.44. The molecule has 1 aromatic carbocycles. The van der Waals surface area contributed by atoms with Gasteiger partial charge in [-0.25, -0.2) is 0 Å². The highest BCUT2D eigenvalue weighted by Crippen LogP contribution is 2.36. The third kappa shape index (κ3) is 2.96. The SMILES string of the molecule is N[N+]12C=CN=CC1=C(C1=CC=C1)N=C2c1cccc(OCCN2CCCC2)c1. The Morgan fingerprint density at radius 2 is 2.07 bits per heavy atom. The molecule has 4 aliphatic rings. The summed E-state index contributed by atoms with van der Waals surface area (Å²) >= 11 is 0. The number of hydrogen-bond acceptors (Lipinski definition) is 5. The van der Waals surface area contributed by atoms with Crippen LogP contribution in [0, 0.1) is 0 Å². The van der Waals surface area contributed by atoms with Crippen molar-refractivity contribution in [1.29, 1.82) is 0 Å². The molecule has 1 aliphatic carbocycles. The normalized spacial score (nSPS) is 25.6. The van der Waals surface area contributed by atoms with Crippen molar-refractivity contribution in [3.05, 3.63) is 77.4 Å². The first-order valence-corrected chi connectivity index (χ1v) is 9.81. The number of rotatable bonds is 6. The molecule has 142 valence electrons. The van der Waals surface area contributed by atoms with Crippen LogP contribution in [0.2, 0.25) is 0 Å². The maximum absolute atomic E-state index is 6.75. The molecule has 0 saturated carbocycles. The Balaban J connectivity index is 1.38. The van der Waals surface area contributed by atoms with Gasteiger partial charge in [-0.3, -0.25) is 9.89 Å². The van der Waals surface area contributed by atoms with E-state index in [4.69, 9.17) is 15.6 Å². The van der Waals surface area contributed by atoms with Gasteiger partial charge in [0.1, 0.15) is 24.3 Å². The molecule has 6 nitrogen and oxygen atoms in total. The molecule has 0 amide bonds. The van der Waals surface area contributed by atoms with E-state index >= 15 is 0 Å². The zero-order chi connectivity index (χ0) is 19.0. The van der Waals surface area contributed by atoms with Crippen molar-refractivity contribution in [2.45, 2.75) is 12.8 Å². The highest BCUT2D eigenvalue weighted by molar-refractivity contribution is 6.01. The van der Waals surface area contributed by atoms with Gasteiger partial charge < -0.3 is 4.74 Å². The van der Waals surface area contributed by atoms with Gasteiger partial charge in [0.2, 0.25) is 5.70 Å². The number of amidine groups is 1. The molecule has 0 bridgehead atoms. The Morgan fingerprint density at radius 3 is 2.86 bits per heavy atom. The first-order valence-electron chi connectivity index (χ1n) is 9.81. The van der Waals surface area contributed by atoms with E-state index in [1.807, 2.05) is 48.7 Å². The quantitative estimate of drug-likeness (QED) is 0.615. The van der Waals surface area contributed by atoms with Gasteiger partial charge in [0, 0.05) is 12.1 Å².